The zero-order valence-electron chi connectivity index (χ0n) is 10.9. The van der Waals surface area contributed by atoms with E-state index in [4.69, 9.17) is 4.74 Å². The van der Waals surface area contributed by atoms with Crippen LogP contribution in [0.2, 0.25) is 0 Å². The molecule has 0 amide bonds. The molecule has 0 bridgehead atoms. The molecule has 2 rings (SSSR count). The maximum atomic E-state index is 13.1. The zero-order valence-corrected chi connectivity index (χ0v) is 10.9. The van der Waals surface area contributed by atoms with E-state index in [9.17, 15) is 9.50 Å². The quantitative estimate of drug-likeness (QED) is 0.899. The van der Waals surface area contributed by atoms with Crippen molar-refractivity contribution in [1.82, 2.24) is 14.8 Å². The third-order valence-corrected chi connectivity index (χ3v) is 2.77. The number of hydrogen-bond acceptors (Lipinski definition) is 4. The Bertz CT molecular complexity index is 555. The standard InChI is InChI=1S/C13H16FN3O2/c1-3-17-13(15-8-16-17)7-19-12-5-4-10(14)6-11(12)9(2)18/h4-6,8-9,18H,3,7H2,1-2H3. The molecule has 1 atom stereocenters. The van der Waals surface area contributed by atoms with Crippen LogP contribution in [0.5, 0.6) is 5.75 Å². The average Bonchev–Trinajstić information content (AvgIpc) is 2.84. The minimum absolute atomic E-state index is 0.221. The molecule has 0 aliphatic carbocycles. The number of rotatable bonds is 5. The Hall–Kier alpha value is -1.95. The van der Waals surface area contributed by atoms with E-state index in [0.717, 1.165) is 0 Å². The topological polar surface area (TPSA) is 60.2 Å². The Balaban J connectivity index is 2.15. The molecule has 0 aliphatic heterocycles. The molecule has 0 radical (unpaired) electrons. The lowest BCUT2D eigenvalue weighted by Crippen LogP contribution is -2.08. The molecule has 0 spiro atoms. The fourth-order valence-corrected chi connectivity index (χ4v) is 1.78. The number of nitrogens with zero attached hydrogens (tertiary/aromatic N) is 3. The van der Waals surface area contributed by atoms with Crippen molar-refractivity contribution in [3.63, 3.8) is 0 Å². The molecule has 0 saturated carbocycles. The van der Waals surface area contributed by atoms with Crippen LogP contribution in [0.15, 0.2) is 24.5 Å². The molecule has 2 aromatic rings. The zero-order chi connectivity index (χ0) is 13.8. The highest BCUT2D eigenvalue weighted by atomic mass is 19.1. The first-order chi connectivity index (χ1) is 9.11. The smallest absolute Gasteiger partial charge is 0.164 e. The normalized spacial score (nSPS) is 12.4. The Morgan fingerprint density at radius 1 is 1.47 bits per heavy atom. The minimum Gasteiger partial charge on any atom is -0.485 e. The fraction of sp³-hybridized carbons (Fsp3) is 0.385. The van der Waals surface area contributed by atoms with Gasteiger partial charge in [-0.3, -0.25) is 0 Å². The Morgan fingerprint density at radius 3 is 2.95 bits per heavy atom. The van der Waals surface area contributed by atoms with Crippen LogP contribution in [0, 0.1) is 5.82 Å². The van der Waals surface area contributed by atoms with Gasteiger partial charge in [-0.1, -0.05) is 0 Å². The summed E-state index contributed by atoms with van der Waals surface area (Å²) in [5.74, 6) is 0.727. The van der Waals surface area contributed by atoms with Gasteiger partial charge in [-0.05, 0) is 32.0 Å². The predicted molar refractivity (Wildman–Crippen MR) is 67.1 cm³/mol. The molecular formula is C13H16FN3O2. The number of aryl methyl sites for hydroxylation is 1. The molecule has 1 aromatic heterocycles. The third kappa shape index (κ3) is 3.08. The summed E-state index contributed by atoms with van der Waals surface area (Å²) >= 11 is 0. The summed E-state index contributed by atoms with van der Waals surface area (Å²) in [5.41, 5.74) is 0.419. The molecule has 1 N–H and O–H groups in total. The Labute approximate surface area is 110 Å². The van der Waals surface area contributed by atoms with Crippen molar-refractivity contribution in [1.29, 1.82) is 0 Å². The first-order valence-corrected chi connectivity index (χ1v) is 6.08. The monoisotopic (exact) mass is 265 g/mol. The number of benzene rings is 1. The van der Waals surface area contributed by atoms with E-state index in [2.05, 4.69) is 10.1 Å². The summed E-state index contributed by atoms with van der Waals surface area (Å²) < 4.78 is 20.5. The van der Waals surface area contributed by atoms with Gasteiger partial charge in [0.2, 0.25) is 0 Å². The first-order valence-electron chi connectivity index (χ1n) is 6.08. The summed E-state index contributed by atoms with van der Waals surface area (Å²) in [4.78, 5) is 4.08. The second kappa shape index (κ2) is 5.79. The number of aliphatic hydroxyl groups is 1. The van der Waals surface area contributed by atoms with Crippen molar-refractivity contribution in [3.8, 4) is 5.75 Å². The van der Waals surface area contributed by atoms with Crippen LogP contribution in [0.1, 0.15) is 31.3 Å². The number of hydrogen-bond donors (Lipinski definition) is 1. The molecule has 102 valence electrons. The number of aromatic nitrogens is 3. The van der Waals surface area contributed by atoms with Gasteiger partial charge in [-0.2, -0.15) is 5.10 Å². The second-order valence-corrected chi connectivity index (χ2v) is 4.14. The molecule has 1 unspecified atom stereocenters. The number of ether oxygens (including phenoxy) is 1. The van der Waals surface area contributed by atoms with E-state index in [-0.39, 0.29) is 6.61 Å². The van der Waals surface area contributed by atoms with Gasteiger partial charge in [0.25, 0.3) is 0 Å². The molecular weight excluding hydrogens is 249 g/mol. The van der Waals surface area contributed by atoms with E-state index in [1.165, 1.54) is 24.5 Å². The van der Waals surface area contributed by atoms with E-state index in [0.29, 0.717) is 23.7 Å². The SMILES string of the molecule is CCn1ncnc1COc1ccc(F)cc1C(C)O. The third-order valence-electron chi connectivity index (χ3n) is 2.77. The second-order valence-electron chi connectivity index (χ2n) is 4.14. The minimum atomic E-state index is -0.797. The lowest BCUT2D eigenvalue weighted by atomic mass is 10.1. The number of aliphatic hydroxyl groups excluding tert-OH is 1. The highest BCUT2D eigenvalue weighted by Crippen LogP contribution is 2.26. The van der Waals surface area contributed by atoms with Gasteiger partial charge in [-0.25, -0.2) is 14.1 Å². The van der Waals surface area contributed by atoms with Crippen LogP contribution in [0.4, 0.5) is 4.39 Å². The Kier molecular flexibility index (Phi) is 4.11. The van der Waals surface area contributed by atoms with E-state index < -0.39 is 11.9 Å². The van der Waals surface area contributed by atoms with Gasteiger partial charge in [0, 0.05) is 12.1 Å². The van der Waals surface area contributed by atoms with Crippen LogP contribution >= 0.6 is 0 Å². The first kappa shape index (κ1) is 13.5. The lowest BCUT2D eigenvalue weighted by molar-refractivity contribution is 0.188. The molecule has 0 saturated heterocycles. The summed E-state index contributed by atoms with van der Waals surface area (Å²) in [6, 6.07) is 4.07. The molecule has 6 heteroatoms. The van der Waals surface area contributed by atoms with Gasteiger partial charge in [0.1, 0.15) is 24.5 Å². The number of halogens is 1. The highest BCUT2D eigenvalue weighted by Gasteiger charge is 2.12. The molecule has 5 nitrogen and oxygen atoms in total. The molecule has 1 aromatic carbocycles. The van der Waals surface area contributed by atoms with E-state index in [1.807, 2.05) is 6.92 Å². The van der Waals surface area contributed by atoms with E-state index >= 15 is 0 Å². The van der Waals surface area contributed by atoms with Gasteiger partial charge >= 0.3 is 0 Å². The van der Waals surface area contributed by atoms with Crippen LogP contribution in [-0.2, 0) is 13.2 Å². The van der Waals surface area contributed by atoms with Crippen LogP contribution in [0.25, 0.3) is 0 Å². The molecule has 0 aliphatic rings. The summed E-state index contributed by atoms with van der Waals surface area (Å²) in [5, 5.41) is 13.6. The van der Waals surface area contributed by atoms with E-state index in [1.54, 1.807) is 11.6 Å². The van der Waals surface area contributed by atoms with Crippen LogP contribution in [0.3, 0.4) is 0 Å². The average molecular weight is 265 g/mol. The fourth-order valence-electron chi connectivity index (χ4n) is 1.78. The highest BCUT2D eigenvalue weighted by molar-refractivity contribution is 5.35. The molecule has 1 heterocycles. The maximum Gasteiger partial charge on any atom is 0.164 e. The largest absolute Gasteiger partial charge is 0.485 e. The van der Waals surface area contributed by atoms with Crippen molar-refractivity contribution in [2.75, 3.05) is 0 Å². The van der Waals surface area contributed by atoms with Crippen LogP contribution < -0.4 is 4.74 Å². The van der Waals surface area contributed by atoms with Gasteiger partial charge < -0.3 is 9.84 Å². The summed E-state index contributed by atoms with van der Waals surface area (Å²) in [7, 11) is 0. The summed E-state index contributed by atoms with van der Waals surface area (Å²) in [6.07, 6.45) is 0.664. The van der Waals surface area contributed by atoms with Gasteiger partial charge in [0.15, 0.2) is 5.82 Å². The maximum absolute atomic E-state index is 13.1. The van der Waals surface area contributed by atoms with Crippen molar-refractivity contribution in [2.24, 2.45) is 0 Å². The van der Waals surface area contributed by atoms with Gasteiger partial charge in [0.05, 0.1) is 6.10 Å². The van der Waals surface area contributed by atoms with Gasteiger partial charge in [-0.15, -0.1) is 0 Å². The van der Waals surface area contributed by atoms with Crippen molar-refractivity contribution >= 4 is 0 Å². The predicted octanol–water partition coefficient (Wildman–Crippen LogP) is 2.07. The van der Waals surface area contributed by atoms with Crippen molar-refractivity contribution < 1.29 is 14.2 Å². The Morgan fingerprint density at radius 2 is 2.26 bits per heavy atom. The molecule has 19 heavy (non-hydrogen) atoms. The van der Waals surface area contributed by atoms with Crippen LogP contribution in [-0.4, -0.2) is 19.9 Å². The summed E-state index contributed by atoms with van der Waals surface area (Å²) in [6.45, 7) is 4.44. The van der Waals surface area contributed by atoms with Crippen molar-refractivity contribution in [2.45, 2.75) is 33.1 Å². The van der Waals surface area contributed by atoms with Crippen molar-refractivity contribution in [3.05, 3.63) is 41.7 Å². The molecule has 0 fully saturated rings. The lowest BCUT2D eigenvalue weighted by Gasteiger charge is -2.13.